The number of hydrogen-bond donors (Lipinski definition) is 1. The van der Waals surface area contributed by atoms with Crippen LogP contribution in [0.2, 0.25) is 0 Å². The van der Waals surface area contributed by atoms with E-state index in [1.165, 1.54) is 0 Å². The van der Waals surface area contributed by atoms with E-state index in [2.05, 4.69) is 12.2 Å². The fourth-order valence-corrected chi connectivity index (χ4v) is 2.31. The summed E-state index contributed by atoms with van der Waals surface area (Å²) < 4.78 is 17.1. The van der Waals surface area contributed by atoms with Gasteiger partial charge in [-0.1, -0.05) is 25.1 Å². The van der Waals surface area contributed by atoms with E-state index in [1.54, 1.807) is 0 Å². The molecule has 1 heterocycles. The molecule has 0 spiro atoms. The van der Waals surface area contributed by atoms with Crippen LogP contribution in [0.25, 0.3) is 0 Å². The van der Waals surface area contributed by atoms with Crippen LogP contribution in [-0.4, -0.2) is 45.1 Å². The van der Waals surface area contributed by atoms with E-state index < -0.39 is 0 Å². The van der Waals surface area contributed by atoms with E-state index in [1.807, 2.05) is 30.3 Å². The van der Waals surface area contributed by atoms with E-state index in [-0.39, 0.29) is 6.10 Å². The average molecular weight is 279 g/mol. The highest BCUT2D eigenvalue weighted by Gasteiger charge is 2.24. The number of likely N-dealkylation sites (N-methyl/N-ethyl adjacent to an activating group) is 1. The van der Waals surface area contributed by atoms with Crippen LogP contribution in [-0.2, 0) is 9.47 Å². The molecule has 1 saturated heterocycles. The van der Waals surface area contributed by atoms with Gasteiger partial charge in [0.1, 0.15) is 12.4 Å². The molecule has 0 saturated carbocycles. The Morgan fingerprint density at radius 3 is 2.75 bits per heavy atom. The van der Waals surface area contributed by atoms with Crippen molar-refractivity contribution in [1.82, 2.24) is 5.32 Å². The van der Waals surface area contributed by atoms with Crippen molar-refractivity contribution >= 4 is 0 Å². The van der Waals surface area contributed by atoms with Crippen molar-refractivity contribution < 1.29 is 14.2 Å². The lowest BCUT2D eigenvalue weighted by atomic mass is 10.2. The Kier molecular flexibility index (Phi) is 6.84. The SMILES string of the molecule is CCNCC1CCC(COCCOc2ccccc2)O1. The van der Waals surface area contributed by atoms with Crippen molar-refractivity contribution in [2.75, 3.05) is 32.9 Å². The van der Waals surface area contributed by atoms with E-state index in [0.717, 1.165) is 31.7 Å². The number of ether oxygens (including phenoxy) is 3. The molecule has 0 aromatic heterocycles. The molecular formula is C16H25NO3. The van der Waals surface area contributed by atoms with Crippen LogP contribution in [0.4, 0.5) is 0 Å². The minimum atomic E-state index is 0.246. The third-order valence-corrected chi connectivity index (χ3v) is 3.36. The number of benzene rings is 1. The van der Waals surface area contributed by atoms with E-state index in [9.17, 15) is 0 Å². The van der Waals surface area contributed by atoms with Gasteiger partial charge in [0.05, 0.1) is 25.4 Å². The van der Waals surface area contributed by atoms with Gasteiger partial charge in [-0.15, -0.1) is 0 Å². The van der Waals surface area contributed by atoms with Gasteiger partial charge >= 0.3 is 0 Å². The molecule has 112 valence electrons. The molecular weight excluding hydrogens is 254 g/mol. The fourth-order valence-electron chi connectivity index (χ4n) is 2.31. The molecule has 4 nitrogen and oxygen atoms in total. The molecule has 1 N–H and O–H groups in total. The molecule has 0 amide bonds. The minimum Gasteiger partial charge on any atom is -0.491 e. The summed E-state index contributed by atoms with van der Waals surface area (Å²) in [5.41, 5.74) is 0. The summed E-state index contributed by atoms with van der Waals surface area (Å²) in [4.78, 5) is 0. The monoisotopic (exact) mass is 279 g/mol. The lowest BCUT2D eigenvalue weighted by molar-refractivity contribution is -0.0192. The van der Waals surface area contributed by atoms with Crippen molar-refractivity contribution in [1.29, 1.82) is 0 Å². The van der Waals surface area contributed by atoms with Crippen molar-refractivity contribution in [3.05, 3.63) is 30.3 Å². The first-order valence-electron chi connectivity index (χ1n) is 7.50. The van der Waals surface area contributed by atoms with Crippen molar-refractivity contribution in [2.45, 2.75) is 32.0 Å². The highest BCUT2D eigenvalue weighted by Crippen LogP contribution is 2.19. The molecule has 0 bridgehead atoms. The third kappa shape index (κ3) is 5.49. The Balaban J connectivity index is 1.49. The zero-order valence-electron chi connectivity index (χ0n) is 12.2. The zero-order valence-corrected chi connectivity index (χ0v) is 12.2. The maximum Gasteiger partial charge on any atom is 0.119 e. The smallest absolute Gasteiger partial charge is 0.119 e. The Bertz CT molecular complexity index is 358. The van der Waals surface area contributed by atoms with Gasteiger partial charge in [0.25, 0.3) is 0 Å². The van der Waals surface area contributed by atoms with Gasteiger partial charge in [-0.2, -0.15) is 0 Å². The molecule has 4 heteroatoms. The Morgan fingerprint density at radius 2 is 1.95 bits per heavy atom. The van der Waals surface area contributed by atoms with Gasteiger partial charge in [-0.25, -0.2) is 0 Å². The second-order valence-corrected chi connectivity index (χ2v) is 5.00. The Hall–Kier alpha value is -1.10. The average Bonchev–Trinajstić information content (AvgIpc) is 2.94. The van der Waals surface area contributed by atoms with Crippen LogP contribution in [0.15, 0.2) is 30.3 Å². The van der Waals surface area contributed by atoms with E-state index >= 15 is 0 Å². The van der Waals surface area contributed by atoms with Gasteiger partial charge in [-0.3, -0.25) is 0 Å². The minimum absolute atomic E-state index is 0.246. The molecule has 1 aromatic carbocycles. The van der Waals surface area contributed by atoms with Crippen LogP contribution < -0.4 is 10.1 Å². The summed E-state index contributed by atoms with van der Waals surface area (Å²) in [6, 6.07) is 9.81. The van der Waals surface area contributed by atoms with Gasteiger partial charge in [0.15, 0.2) is 0 Å². The summed E-state index contributed by atoms with van der Waals surface area (Å²) >= 11 is 0. The van der Waals surface area contributed by atoms with Gasteiger partial charge < -0.3 is 19.5 Å². The highest BCUT2D eigenvalue weighted by molar-refractivity contribution is 5.20. The second-order valence-electron chi connectivity index (χ2n) is 5.00. The van der Waals surface area contributed by atoms with Crippen molar-refractivity contribution in [2.24, 2.45) is 0 Å². The zero-order chi connectivity index (χ0) is 14.0. The maximum absolute atomic E-state index is 5.90. The summed E-state index contributed by atoms with van der Waals surface area (Å²) in [6.45, 7) is 5.91. The maximum atomic E-state index is 5.90. The van der Waals surface area contributed by atoms with E-state index in [4.69, 9.17) is 14.2 Å². The first kappa shape index (κ1) is 15.3. The van der Waals surface area contributed by atoms with E-state index in [0.29, 0.717) is 25.9 Å². The summed E-state index contributed by atoms with van der Waals surface area (Å²) in [5, 5.41) is 3.32. The van der Waals surface area contributed by atoms with Crippen molar-refractivity contribution in [3.8, 4) is 5.75 Å². The van der Waals surface area contributed by atoms with Gasteiger partial charge in [-0.05, 0) is 31.5 Å². The topological polar surface area (TPSA) is 39.7 Å². The fraction of sp³-hybridized carbons (Fsp3) is 0.625. The largest absolute Gasteiger partial charge is 0.491 e. The molecule has 1 aliphatic rings. The normalized spacial score (nSPS) is 22.1. The lowest BCUT2D eigenvalue weighted by Gasteiger charge is -2.14. The van der Waals surface area contributed by atoms with Gasteiger partial charge in [0.2, 0.25) is 0 Å². The number of rotatable bonds is 9. The summed E-state index contributed by atoms with van der Waals surface area (Å²) in [7, 11) is 0. The Morgan fingerprint density at radius 1 is 1.15 bits per heavy atom. The van der Waals surface area contributed by atoms with Crippen LogP contribution in [0.3, 0.4) is 0 Å². The molecule has 2 atom stereocenters. The third-order valence-electron chi connectivity index (χ3n) is 3.36. The predicted octanol–water partition coefficient (Wildman–Crippen LogP) is 2.24. The second kappa shape index (κ2) is 8.95. The first-order chi connectivity index (χ1) is 9.88. The van der Waals surface area contributed by atoms with Crippen LogP contribution in [0.1, 0.15) is 19.8 Å². The summed E-state index contributed by atoms with van der Waals surface area (Å²) in [5.74, 6) is 0.888. The van der Waals surface area contributed by atoms with Crippen LogP contribution >= 0.6 is 0 Å². The predicted molar refractivity (Wildman–Crippen MR) is 79.2 cm³/mol. The molecule has 0 radical (unpaired) electrons. The molecule has 2 rings (SSSR count). The Labute approximate surface area is 121 Å². The quantitative estimate of drug-likeness (QED) is 0.704. The molecule has 0 aliphatic carbocycles. The molecule has 1 fully saturated rings. The first-order valence-corrected chi connectivity index (χ1v) is 7.50. The standard InChI is InChI=1S/C16H25NO3/c1-2-17-12-15-8-9-16(20-15)13-18-10-11-19-14-6-4-3-5-7-14/h3-7,15-17H,2,8-13H2,1H3. The van der Waals surface area contributed by atoms with Crippen molar-refractivity contribution in [3.63, 3.8) is 0 Å². The number of nitrogens with one attached hydrogen (secondary N) is 1. The molecule has 1 aliphatic heterocycles. The van der Waals surface area contributed by atoms with Gasteiger partial charge in [0, 0.05) is 6.54 Å². The highest BCUT2D eigenvalue weighted by atomic mass is 16.6. The number of para-hydroxylation sites is 1. The molecule has 1 aromatic rings. The molecule has 20 heavy (non-hydrogen) atoms. The van der Waals surface area contributed by atoms with Crippen LogP contribution in [0, 0.1) is 0 Å². The lowest BCUT2D eigenvalue weighted by Crippen LogP contribution is -2.27. The summed E-state index contributed by atoms with van der Waals surface area (Å²) in [6.07, 6.45) is 2.82. The van der Waals surface area contributed by atoms with Crippen LogP contribution in [0.5, 0.6) is 5.75 Å². The number of hydrogen-bond acceptors (Lipinski definition) is 4. The molecule has 2 unspecified atom stereocenters.